The average Bonchev–Trinajstić information content (AvgIpc) is 2.17. The molecule has 1 aliphatic rings. The second kappa shape index (κ2) is 4.42. The summed E-state index contributed by atoms with van der Waals surface area (Å²) in [5.74, 6) is 0.0616. The van der Waals surface area contributed by atoms with Crippen LogP contribution in [-0.2, 0) is 4.79 Å². The molecule has 0 aliphatic carbocycles. The molecule has 0 aromatic heterocycles. The van der Waals surface area contributed by atoms with Crippen LogP contribution in [0.1, 0.15) is 13.3 Å². The molecule has 1 atom stereocenters. The fourth-order valence-electron chi connectivity index (χ4n) is 1.72. The van der Waals surface area contributed by atoms with Gasteiger partial charge >= 0.3 is 0 Å². The van der Waals surface area contributed by atoms with E-state index < -0.39 is 0 Å². The maximum absolute atomic E-state index is 11.3. The van der Waals surface area contributed by atoms with Crippen molar-refractivity contribution in [3.8, 4) is 0 Å². The van der Waals surface area contributed by atoms with Crippen molar-refractivity contribution in [2.45, 2.75) is 19.4 Å². The highest BCUT2D eigenvalue weighted by atomic mass is 16.2. The van der Waals surface area contributed by atoms with Crippen molar-refractivity contribution in [1.82, 2.24) is 9.80 Å². The smallest absolute Gasteiger partial charge is 0.246 e. The van der Waals surface area contributed by atoms with Gasteiger partial charge in [-0.15, -0.1) is 0 Å². The van der Waals surface area contributed by atoms with E-state index in [1.807, 2.05) is 4.90 Å². The quantitative estimate of drug-likeness (QED) is 0.588. The summed E-state index contributed by atoms with van der Waals surface area (Å²) in [7, 11) is 2.11. The first-order chi connectivity index (χ1) is 6.19. The van der Waals surface area contributed by atoms with Gasteiger partial charge in [0.15, 0.2) is 0 Å². The molecular weight excluding hydrogens is 164 g/mol. The van der Waals surface area contributed by atoms with Gasteiger partial charge in [0, 0.05) is 25.7 Å². The minimum atomic E-state index is 0.0616. The van der Waals surface area contributed by atoms with Crippen LogP contribution in [-0.4, -0.2) is 48.4 Å². The Hall–Kier alpha value is -0.830. The molecule has 0 bridgehead atoms. The Balaban J connectivity index is 2.54. The molecule has 1 rings (SSSR count). The van der Waals surface area contributed by atoms with Crippen molar-refractivity contribution >= 4 is 5.91 Å². The fourth-order valence-corrected chi connectivity index (χ4v) is 1.72. The van der Waals surface area contributed by atoms with Crippen LogP contribution >= 0.6 is 0 Å². The Morgan fingerprint density at radius 3 is 2.85 bits per heavy atom. The van der Waals surface area contributed by atoms with Gasteiger partial charge in [-0.1, -0.05) is 13.5 Å². The van der Waals surface area contributed by atoms with E-state index in [2.05, 4.69) is 25.5 Å². The number of carbonyl (C=O) groups excluding carboxylic acids is 1. The zero-order chi connectivity index (χ0) is 9.84. The molecule has 1 amide bonds. The molecule has 1 aliphatic heterocycles. The topological polar surface area (TPSA) is 23.6 Å². The van der Waals surface area contributed by atoms with Crippen LogP contribution in [0.2, 0.25) is 0 Å². The van der Waals surface area contributed by atoms with Crippen LogP contribution in [0.3, 0.4) is 0 Å². The summed E-state index contributed by atoms with van der Waals surface area (Å²) in [6, 6.07) is 0.512. The SMILES string of the molecule is C=CC(=O)N1CCN(C)C(CC)C1. The largest absolute Gasteiger partial charge is 0.336 e. The van der Waals surface area contributed by atoms with Crippen LogP contribution < -0.4 is 0 Å². The lowest BCUT2D eigenvalue weighted by Gasteiger charge is -2.38. The third-order valence-corrected chi connectivity index (χ3v) is 2.73. The van der Waals surface area contributed by atoms with Crippen LogP contribution in [0.25, 0.3) is 0 Å². The van der Waals surface area contributed by atoms with Crippen molar-refractivity contribution in [2.75, 3.05) is 26.7 Å². The van der Waals surface area contributed by atoms with Gasteiger partial charge in [-0.25, -0.2) is 0 Å². The first-order valence-corrected chi connectivity index (χ1v) is 4.80. The van der Waals surface area contributed by atoms with Crippen LogP contribution in [0.15, 0.2) is 12.7 Å². The van der Waals surface area contributed by atoms with Gasteiger partial charge in [-0.05, 0) is 19.5 Å². The maximum atomic E-state index is 11.3. The highest BCUT2D eigenvalue weighted by Crippen LogP contribution is 2.10. The lowest BCUT2D eigenvalue weighted by Crippen LogP contribution is -2.52. The Kier molecular flexibility index (Phi) is 3.48. The molecule has 0 saturated carbocycles. The number of nitrogens with zero attached hydrogens (tertiary/aromatic N) is 2. The van der Waals surface area contributed by atoms with Crippen LogP contribution in [0.4, 0.5) is 0 Å². The average molecular weight is 182 g/mol. The number of hydrogen-bond donors (Lipinski definition) is 0. The lowest BCUT2D eigenvalue weighted by atomic mass is 10.1. The Morgan fingerprint density at radius 1 is 1.62 bits per heavy atom. The summed E-state index contributed by atoms with van der Waals surface area (Å²) >= 11 is 0. The number of hydrogen-bond acceptors (Lipinski definition) is 2. The van der Waals surface area contributed by atoms with E-state index in [9.17, 15) is 4.79 Å². The van der Waals surface area contributed by atoms with Gasteiger partial charge in [0.25, 0.3) is 0 Å². The molecule has 0 aromatic carbocycles. The number of piperazine rings is 1. The third kappa shape index (κ3) is 2.31. The standard InChI is InChI=1S/C10H18N2O/c1-4-9-8-12(10(13)5-2)7-6-11(9)3/h5,9H,2,4,6-8H2,1,3H3. The summed E-state index contributed by atoms with van der Waals surface area (Å²) in [6.07, 6.45) is 2.50. The zero-order valence-corrected chi connectivity index (χ0v) is 8.49. The molecule has 0 radical (unpaired) electrons. The third-order valence-electron chi connectivity index (χ3n) is 2.73. The number of carbonyl (C=O) groups is 1. The fraction of sp³-hybridized carbons (Fsp3) is 0.700. The van der Waals surface area contributed by atoms with Crippen molar-refractivity contribution in [3.63, 3.8) is 0 Å². The Morgan fingerprint density at radius 2 is 2.31 bits per heavy atom. The first kappa shape index (κ1) is 10.3. The van der Waals surface area contributed by atoms with Gasteiger partial charge in [0.1, 0.15) is 0 Å². The molecule has 0 N–H and O–H groups in total. The highest BCUT2D eigenvalue weighted by Gasteiger charge is 2.24. The predicted molar refractivity (Wildman–Crippen MR) is 53.5 cm³/mol. The van der Waals surface area contributed by atoms with E-state index in [4.69, 9.17) is 0 Å². The normalized spacial score (nSPS) is 24.5. The second-order valence-corrected chi connectivity index (χ2v) is 3.53. The van der Waals surface area contributed by atoms with E-state index in [1.54, 1.807) is 0 Å². The number of rotatable bonds is 2. The summed E-state index contributed by atoms with van der Waals surface area (Å²) in [5, 5.41) is 0. The lowest BCUT2D eigenvalue weighted by molar-refractivity contribution is -0.128. The second-order valence-electron chi connectivity index (χ2n) is 3.53. The zero-order valence-electron chi connectivity index (χ0n) is 8.49. The molecule has 3 heteroatoms. The van der Waals surface area contributed by atoms with Gasteiger partial charge < -0.3 is 4.90 Å². The first-order valence-electron chi connectivity index (χ1n) is 4.80. The molecule has 1 saturated heterocycles. The van der Waals surface area contributed by atoms with Gasteiger partial charge in [0.2, 0.25) is 5.91 Å². The van der Waals surface area contributed by atoms with Crippen LogP contribution in [0, 0.1) is 0 Å². The Bertz CT molecular complexity index is 203. The van der Waals surface area contributed by atoms with Gasteiger partial charge in [-0.3, -0.25) is 9.69 Å². The predicted octanol–water partition coefficient (Wildman–Crippen LogP) is 0.725. The van der Waals surface area contributed by atoms with E-state index in [0.29, 0.717) is 6.04 Å². The van der Waals surface area contributed by atoms with E-state index in [-0.39, 0.29) is 5.91 Å². The minimum absolute atomic E-state index is 0.0616. The molecule has 0 aromatic rings. The summed E-state index contributed by atoms with van der Waals surface area (Å²) in [5.41, 5.74) is 0. The molecule has 1 heterocycles. The monoisotopic (exact) mass is 182 g/mol. The highest BCUT2D eigenvalue weighted by molar-refractivity contribution is 5.87. The minimum Gasteiger partial charge on any atom is -0.336 e. The number of amides is 1. The van der Waals surface area contributed by atoms with Gasteiger partial charge in [-0.2, -0.15) is 0 Å². The molecule has 0 spiro atoms. The van der Waals surface area contributed by atoms with E-state index in [0.717, 1.165) is 26.1 Å². The molecule has 13 heavy (non-hydrogen) atoms. The maximum Gasteiger partial charge on any atom is 0.246 e. The Labute approximate surface area is 80.0 Å². The van der Waals surface area contributed by atoms with Crippen molar-refractivity contribution in [1.29, 1.82) is 0 Å². The molecule has 1 fully saturated rings. The van der Waals surface area contributed by atoms with Crippen LogP contribution in [0.5, 0.6) is 0 Å². The van der Waals surface area contributed by atoms with Crippen molar-refractivity contribution < 1.29 is 4.79 Å². The molecule has 1 unspecified atom stereocenters. The van der Waals surface area contributed by atoms with Crippen molar-refractivity contribution in [2.24, 2.45) is 0 Å². The summed E-state index contributed by atoms with van der Waals surface area (Å²) in [4.78, 5) is 15.5. The van der Waals surface area contributed by atoms with E-state index >= 15 is 0 Å². The molecule has 3 nitrogen and oxygen atoms in total. The molecule has 74 valence electrons. The molecular formula is C10H18N2O. The summed E-state index contributed by atoms with van der Waals surface area (Å²) < 4.78 is 0. The number of likely N-dealkylation sites (N-methyl/N-ethyl adjacent to an activating group) is 1. The summed E-state index contributed by atoms with van der Waals surface area (Å²) in [6.45, 7) is 8.30. The van der Waals surface area contributed by atoms with Crippen molar-refractivity contribution in [3.05, 3.63) is 12.7 Å². The van der Waals surface area contributed by atoms with E-state index in [1.165, 1.54) is 6.08 Å². The van der Waals surface area contributed by atoms with Gasteiger partial charge in [0.05, 0.1) is 0 Å².